The van der Waals surface area contributed by atoms with Crippen LogP contribution in [-0.2, 0) is 10.1 Å². The summed E-state index contributed by atoms with van der Waals surface area (Å²) in [7, 11) is -3.76. The van der Waals surface area contributed by atoms with Gasteiger partial charge in [0.25, 0.3) is 10.1 Å². The molecule has 0 aliphatic rings. The molecule has 0 aromatic heterocycles. The van der Waals surface area contributed by atoms with E-state index >= 15 is 0 Å². The summed E-state index contributed by atoms with van der Waals surface area (Å²) in [6, 6.07) is 0. The van der Waals surface area contributed by atoms with Crippen molar-refractivity contribution in [2.24, 2.45) is 0 Å². The molecule has 0 radical (unpaired) electrons. The van der Waals surface area contributed by atoms with E-state index in [0.29, 0.717) is 6.42 Å². The third-order valence-electron chi connectivity index (χ3n) is 7.41. The minimum absolute atomic E-state index is 0.0881. The van der Waals surface area contributed by atoms with Crippen LogP contribution in [0.15, 0.2) is 12.2 Å². The van der Waals surface area contributed by atoms with E-state index in [2.05, 4.69) is 19.1 Å². The first-order valence-electron chi connectivity index (χ1n) is 16.2. The van der Waals surface area contributed by atoms with Crippen LogP contribution in [0.2, 0.25) is 0 Å². The molecule has 0 unspecified atom stereocenters. The molecule has 0 saturated carbocycles. The molecule has 0 bridgehead atoms. The van der Waals surface area contributed by atoms with Gasteiger partial charge in [-0.1, -0.05) is 167 Å². The first kappa shape index (κ1) is 35.6. The lowest BCUT2D eigenvalue weighted by Crippen LogP contribution is -2.03. The number of allylic oxidation sites excluding steroid dienone is 2. The maximum atomic E-state index is 10.6. The second-order valence-corrected chi connectivity index (χ2v) is 12.7. The number of unbranched alkanes of at least 4 members (excludes halogenated alkanes) is 26. The Morgan fingerprint density at radius 2 is 0.667 bits per heavy atom. The second-order valence-electron chi connectivity index (χ2n) is 11.2. The Labute approximate surface area is 227 Å². The van der Waals surface area contributed by atoms with Crippen molar-refractivity contribution in [1.29, 1.82) is 0 Å². The molecule has 0 heterocycles. The number of rotatable bonds is 30. The molecule has 1 N–H and O–H groups in total. The summed E-state index contributed by atoms with van der Waals surface area (Å²) in [6.07, 6.45) is 42.0. The first-order valence-corrected chi connectivity index (χ1v) is 17.8. The molecule has 0 amide bonds. The molecule has 0 aliphatic carbocycles. The molecular formula is C32H64O3S. The third kappa shape index (κ3) is 33.7. The van der Waals surface area contributed by atoms with Crippen LogP contribution >= 0.6 is 0 Å². The van der Waals surface area contributed by atoms with Crippen molar-refractivity contribution in [3.8, 4) is 0 Å². The predicted octanol–water partition coefficient (Wildman–Crippen LogP) is 11.4. The Bertz CT molecular complexity index is 542. The molecule has 3 nitrogen and oxygen atoms in total. The van der Waals surface area contributed by atoms with Gasteiger partial charge >= 0.3 is 0 Å². The van der Waals surface area contributed by atoms with E-state index in [4.69, 9.17) is 4.55 Å². The Morgan fingerprint density at radius 1 is 0.417 bits per heavy atom. The van der Waals surface area contributed by atoms with E-state index in [1.165, 1.54) is 161 Å². The van der Waals surface area contributed by atoms with Gasteiger partial charge in [0.2, 0.25) is 0 Å². The van der Waals surface area contributed by atoms with Gasteiger partial charge in [-0.3, -0.25) is 4.55 Å². The second kappa shape index (κ2) is 29.2. The van der Waals surface area contributed by atoms with E-state index in [0.717, 1.165) is 12.8 Å². The van der Waals surface area contributed by atoms with Crippen LogP contribution in [0.1, 0.15) is 187 Å². The molecule has 0 rings (SSSR count). The highest BCUT2D eigenvalue weighted by Crippen LogP contribution is 2.15. The van der Waals surface area contributed by atoms with Gasteiger partial charge in [0.15, 0.2) is 0 Å². The lowest BCUT2D eigenvalue weighted by molar-refractivity contribution is 0.478. The van der Waals surface area contributed by atoms with Crippen molar-refractivity contribution in [3.63, 3.8) is 0 Å². The largest absolute Gasteiger partial charge is 0.286 e. The highest BCUT2D eigenvalue weighted by Gasteiger charge is 2.02. The summed E-state index contributed by atoms with van der Waals surface area (Å²) in [4.78, 5) is 0. The number of hydrogen-bond donors (Lipinski definition) is 1. The van der Waals surface area contributed by atoms with Gasteiger partial charge in [-0.05, 0) is 32.1 Å². The van der Waals surface area contributed by atoms with Crippen molar-refractivity contribution < 1.29 is 13.0 Å². The molecule has 0 atom stereocenters. The van der Waals surface area contributed by atoms with Gasteiger partial charge in [-0.2, -0.15) is 8.42 Å². The molecule has 4 heteroatoms. The van der Waals surface area contributed by atoms with Crippen molar-refractivity contribution in [2.45, 2.75) is 187 Å². The lowest BCUT2D eigenvalue weighted by atomic mass is 10.0. The maximum Gasteiger partial charge on any atom is 0.264 e. The SMILES string of the molecule is CCCCCCCCCCCCCCCCCCCCCC/C=C\CCCCCCCCS(=O)(=O)O. The van der Waals surface area contributed by atoms with Crippen LogP contribution in [0.3, 0.4) is 0 Å². The predicted molar refractivity (Wildman–Crippen MR) is 161 cm³/mol. The highest BCUT2D eigenvalue weighted by molar-refractivity contribution is 7.85. The first-order chi connectivity index (χ1) is 17.6. The van der Waals surface area contributed by atoms with Gasteiger partial charge in [0.1, 0.15) is 0 Å². The Balaban J connectivity index is 3.11. The lowest BCUT2D eigenvalue weighted by Gasteiger charge is -2.04. The fraction of sp³-hybridized carbons (Fsp3) is 0.938. The third-order valence-corrected chi connectivity index (χ3v) is 8.22. The molecule has 0 fully saturated rings. The topological polar surface area (TPSA) is 54.4 Å². The molecule has 216 valence electrons. The van der Waals surface area contributed by atoms with Crippen molar-refractivity contribution in [2.75, 3.05) is 5.75 Å². The van der Waals surface area contributed by atoms with E-state index in [1.807, 2.05) is 0 Å². The molecule has 0 saturated heterocycles. The average Bonchev–Trinajstić information content (AvgIpc) is 2.84. The molecule has 0 aromatic rings. The zero-order valence-electron chi connectivity index (χ0n) is 24.3. The molecule has 36 heavy (non-hydrogen) atoms. The Hall–Kier alpha value is -0.350. The minimum Gasteiger partial charge on any atom is -0.286 e. The van der Waals surface area contributed by atoms with Crippen LogP contribution in [0, 0.1) is 0 Å². The highest BCUT2D eigenvalue weighted by atomic mass is 32.2. The maximum absolute atomic E-state index is 10.6. The van der Waals surface area contributed by atoms with Crippen LogP contribution in [0.4, 0.5) is 0 Å². The Kier molecular flexibility index (Phi) is 28.9. The summed E-state index contributed by atoms with van der Waals surface area (Å²) in [5, 5.41) is 0. The van der Waals surface area contributed by atoms with Gasteiger partial charge in [-0.25, -0.2) is 0 Å². The smallest absolute Gasteiger partial charge is 0.264 e. The molecule has 0 spiro atoms. The standard InChI is InChI=1S/C32H64O3S/c1-2-3-4-5-6-7-8-9-10-11-12-13-14-15-16-17-18-19-20-21-22-23-24-25-26-27-28-29-30-31-32-36(33,34)35/h23-24H,2-22,25-32H2,1H3,(H,33,34,35)/b24-23-. The monoisotopic (exact) mass is 528 g/mol. The average molecular weight is 529 g/mol. The van der Waals surface area contributed by atoms with Gasteiger partial charge in [-0.15, -0.1) is 0 Å². The fourth-order valence-electron chi connectivity index (χ4n) is 5.01. The number of hydrogen-bond acceptors (Lipinski definition) is 2. The van der Waals surface area contributed by atoms with Crippen molar-refractivity contribution in [3.05, 3.63) is 12.2 Å². The summed E-state index contributed by atoms with van der Waals surface area (Å²) >= 11 is 0. The molecular weight excluding hydrogens is 464 g/mol. The van der Waals surface area contributed by atoms with Crippen molar-refractivity contribution >= 4 is 10.1 Å². The van der Waals surface area contributed by atoms with Crippen LogP contribution in [0.25, 0.3) is 0 Å². The summed E-state index contributed by atoms with van der Waals surface area (Å²) in [6.45, 7) is 2.29. The minimum atomic E-state index is -3.76. The molecule has 0 aromatic carbocycles. The van der Waals surface area contributed by atoms with Gasteiger partial charge in [0.05, 0.1) is 5.75 Å². The van der Waals surface area contributed by atoms with E-state index in [1.54, 1.807) is 0 Å². The normalized spacial score (nSPS) is 12.2. The summed E-state index contributed by atoms with van der Waals surface area (Å²) in [5.41, 5.74) is 0. The molecule has 0 aliphatic heterocycles. The van der Waals surface area contributed by atoms with Crippen LogP contribution < -0.4 is 0 Å². The van der Waals surface area contributed by atoms with Gasteiger partial charge in [0, 0.05) is 0 Å². The van der Waals surface area contributed by atoms with E-state index in [9.17, 15) is 8.42 Å². The summed E-state index contributed by atoms with van der Waals surface area (Å²) in [5.74, 6) is -0.0881. The zero-order chi connectivity index (χ0) is 26.4. The quantitative estimate of drug-likeness (QED) is 0.0573. The zero-order valence-corrected chi connectivity index (χ0v) is 25.1. The summed E-state index contributed by atoms with van der Waals surface area (Å²) < 4.78 is 30.0. The van der Waals surface area contributed by atoms with E-state index < -0.39 is 10.1 Å². The Morgan fingerprint density at radius 3 is 0.944 bits per heavy atom. The van der Waals surface area contributed by atoms with Crippen LogP contribution in [-0.4, -0.2) is 18.7 Å². The van der Waals surface area contributed by atoms with Gasteiger partial charge < -0.3 is 0 Å². The fourth-order valence-corrected chi connectivity index (χ4v) is 5.58. The van der Waals surface area contributed by atoms with Crippen LogP contribution in [0.5, 0.6) is 0 Å². The van der Waals surface area contributed by atoms with Crippen molar-refractivity contribution in [1.82, 2.24) is 0 Å². The van der Waals surface area contributed by atoms with E-state index in [-0.39, 0.29) is 5.75 Å².